The standard InChI is InChI=1S/C29H33Cl2N3O4S/c1-4-21(2)32-29(36)27(18-22-10-6-5-7-11-22)34(19-23-12-8-9-13-26(23)31)28(35)20-33(3)39(37,38)25-16-14-24(30)15-17-25/h5-17,21,27H,4,18-20H2,1-3H3,(H,32,36)/t21-,27-/m1/s1. The topological polar surface area (TPSA) is 86.8 Å². The summed E-state index contributed by atoms with van der Waals surface area (Å²) in [7, 11) is -2.66. The van der Waals surface area contributed by atoms with Gasteiger partial charge in [0.15, 0.2) is 0 Å². The molecule has 3 aromatic carbocycles. The second-order valence-electron chi connectivity index (χ2n) is 9.35. The molecule has 3 rings (SSSR count). The van der Waals surface area contributed by atoms with Crippen LogP contribution in [0.5, 0.6) is 0 Å². The maximum absolute atomic E-state index is 13.9. The molecule has 2 amide bonds. The highest BCUT2D eigenvalue weighted by molar-refractivity contribution is 7.89. The predicted octanol–water partition coefficient (Wildman–Crippen LogP) is 5.17. The summed E-state index contributed by atoms with van der Waals surface area (Å²) in [6, 6.07) is 21.2. The highest BCUT2D eigenvalue weighted by Crippen LogP contribution is 2.22. The summed E-state index contributed by atoms with van der Waals surface area (Å²) in [6.07, 6.45) is 0.956. The number of carbonyl (C=O) groups is 2. The Bertz CT molecular complexity index is 1370. The van der Waals surface area contributed by atoms with E-state index in [0.717, 1.165) is 9.87 Å². The van der Waals surface area contributed by atoms with E-state index in [1.165, 1.54) is 36.2 Å². The number of hydrogen-bond acceptors (Lipinski definition) is 4. The minimum absolute atomic E-state index is 0.00945. The van der Waals surface area contributed by atoms with Crippen molar-refractivity contribution in [2.24, 2.45) is 0 Å². The Labute approximate surface area is 240 Å². The number of sulfonamides is 1. The number of benzene rings is 3. The first-order chi connectivity index (χ1) is 18.5. The molecular weight excluding hydrogens is 557 g/mol. The largest absolute Gasteiger partial charge is 0.352 e. The molecule has 2 atom stereocenters. The molecule has 39 heavy (non-hydrogen) atoms. The normalized spacial score (nSPS) is 13.1. The molecule has 0 unspecified atom stereocenters. The molecule has 0 bridgehead atoms. The monoisotopic (exact) mass is 589 g/mol. The van der Waals surface area contributed by atoms with Gasteiger partial charge in [-0.2, -0.15) is 4.31 Å². The number of amides is 2. The van der Waals surface area contributed by atoms with E-state index < -0.39 is 28.5 Å². The zero-order valence-electron chi connectivity index (χ0n) is 22.2. The molecule has 0 aliphatic heterocycles. The van der Waals surface area contributed by atoms with Gasteiger partial charge in [0.1, 0.15) is 6.04 Å². The van der Waals surface area contributed by atoms with Crippen molar-refractivity contribution >= 4 is 45.0 Å². The van der Waals surface area contributed by atoms with Gasteiger partial charge in [0.05, 0.1) is 11.4 Å². The van der Waals surface area contributed by atoms with Gasteiger partial charge >= 0.3 is 0 Å². The van der Waals surface area contributed by atoms with Crippen LogP contribution >= 0.6 is 23.2 Å². The maximum Gasteiger partial charge on any atom is 0.243 e. The number of hydrogen-bond donors (Lipinski definition) is 1. The van der Waals surface area contributed by atoms with E-state index in [1.54, 1.807) is 24.3 Å². The van der Waals surface area contributed by atoms with Crippen molar-refractivity contribution in [3.63, 3.8) is 0 Å². The van der Waals surface area contributed by atoms with Gasteiger partial charge < -0.3 is 10.2 Å². The van der Waals surface area contributed by atoms with Gasteiger partial charge in [-0.05, 0) is 54.8 Å². The number of likely N-dealkylation sites (N-methyl/N-ethyl adjacent to an activating group) is 1. The van der Waals surface area contributed by atoms with Gasteiger partial charge in [0.2, 0.25) is 21.8 Å². The molecule has 0 saturated carbocycles. The van der Waals surface area contributed by atoms with E-state index in [2.05, 4.69) is 5.32 Å². The highest BCUT2D eigenvalue weighted by atomic mass is 35.5. The molecule has 0 aliphatic carbocycles. The second kappa shape index (κ2) is 13.9. The first kappa shape index (κ1) is 30.6. The lowest BCUT2D eigenvalue weighted by molar-refractivity contribution is -0.141. The van der Waals surface area contributed by atoms with Crippen LogP contribution in [-0.4, -0.2) is 55.1 Å². The van der Waals surface area contributed by atoms with E-state index in [4.69, 9.17) is 23.2 Å². The number of rotatable bonds is 12. The summed E-state index contributed by atoms with van der Waals surface area (Å²) < 4.78 is 27.4. The molecule has 3 aromatic rings. The van der Waals surface area contributed by atoms with Crippen molar-refractivity contribution in [1.29, 1.82) is 0 Å². The molecule has 7 nitrogen and oxygen atoms in total. The summed E-state index contributed by atoms with van der Waals surface area (Å²) in [5, 5.41) is 3.83. The van der Waals surface area contributed by atoms with Crippen LogP contribution in [0.1, 0.15) is 31.4 Å². The first-order valence-corrected chi connectivity index (χ1v) is 14.8. The van der Waals surface area contributed by atoms with E-state index in [1.807, 2.05) is 44.2 Å². The van der Waals surface area contributed by atoms with Crippen molar-refractivity contribution in [1.82, 2.24) is 14.5 Å². The summed E-state index contributed by atoms with van der Waals surface area (Å²) in [4.78, 5) is 28.9. The Morgan fingerprint density at radius 3 is 2.15 bits per heavy atom. The van der Waals surface area contributed by atoms with E-state index in [9.17, 15) is 18.0 Å². The Kier molecular flexibility index (Phi) is 10.9. The number of nitrogens with zero attached hydrogens (tertiary/aromatic N) is 2. The average Bonchev–Trinajstić information content (AvgIpc) is 2.92. The van der Waals surface area contributed by atoms with Gasteiger partial charge in [-0.15, -0.1) is 0 Å². The van der Waals surface area contributed by atoms with Crippen LogP contribution in [0, 0.1) is 0 Å². The van der Waals surface area contributed by atoms with Gasteiger partial charge in [-0.1, -0.05) is 78.7 Å². The first-order valence-electron chi connectivity index (χ1n) is 12.6. The lowest BCUT2D eigenvalue weighted by atomic mass is 10.0. The van der Waals surface area contributed by atoms with Crippen molar-refractivity contribution in [2.75, 3.05) is 13.6 Å². The Hall–Kier alpha value is -2.91. The fraction of sp³-hybridized carbons (Fsp3) is 0.310. The molecular formula is C29H33Cl2N3O4S. The molecule has 0 radical (unpaired) electrons. The highest BCUT2D eigenvalue weighted by Gasteiger charge is 2.33. The Morgan fingerprint density at radius 1 is 0.923 bits per heavy atom. The Morgan fingerprint density at radius 2 is 1.54 bits per heavy atom. The third-order valence-corrected chi connectivity index (χ3v) is 8.89. The average molecular weight is 591 g/mol. The van der Waals surface area contributed by atoms with Crippen molar-refractivity contribution < 1.29 is 18.0 Å². The summed E-state index contributed by atoms with van der Waals surface area (Å²) in [5.41, 5.74) is 1.51. The van der Waals surface area contributed by atoms with Gasteiger partial charge in [0.25, 0.3) is 0 Å². The zero-order valence-corrected chi connectivity index (χ0v) is 24.5. The minimum Gasteiger partial charge on any atom is -0.352 e. The summed E-state index contributed by atoms with van der Waals surface area (Å²) in [6.45, 7) is 3.40. The van der Waals surface area contributed by atoms with Crippen molar-refractivity contribution in [3.05, 3.63) is 100 Å². The van der Waals surface area contributed by atoms with Crippen LogP contribution in [0.2, 0.25) is 10.0 Å². The van der Waals surface area contributed by atoms with E-state index in [-0.39, 0.29) is 29.8 Å². The predicted molar refractivity (Wildman–Crippen MR) is 155 cm³/mol. The summed E-state index contributed by atoms with van der Waals surface area (Å²) >= 11 is 12.4. The van der Waals surface area contributed by atoms with Gasteiger partial charge in [0, 0.05) is 36.1 Å². The lowest BCUT2D eigenvalue weighted by Crippen LogP contribution is -2.54. The molecule has 208 valence electrons. The molecule has 1 N–H and O–H groups in total. The minimum atomic E-state index is -3.99. The van der Waals surface area contributed by atoms with Crippen LogP contribution < -0.4 is 5.32 Å². The lowest BCUT2D eigenvalue weighted by Gasteiger charge is -2.33. The molecule has 0 fully saturated rings. The molecule has 10 heteroatoms. The molecule has 0 spiro atoms. The summed E-state index contributed by atoms with van der Waals surface area (Å²) in [5.74, 6) is -0.855. The molecule has 0 aliphatic rings. The number of carbonyl (C=O) groups excluding carboxylic acids is 2. The molecule has 0 heterocycles. The fourth-order valence-corrected chi connectivity index (χ4v) is 5.40. The number of nitrogens with one attached hydrogen (secondary N) is 1. The maximum atomic E-state index is 13.9. The number of halogens is 2. The van der Waals surface area contributed by atoms with Crippen molar-refractivity contribution in [3.8, 4) is 0 Å². The molecule has 0 aromatic heterocycles. The van der Waals surface area contributed by atoms with Gasteiger partial charge in [-0.3, -0.25) is 9.59 Å². The second-order valence-corrected chi connectivity index (χ2v) is 12.2. The SMILES string of the molecule is CC[C@@H](C)NC(=O)[C@@H](Cc1ccccc1)N(Cc1ccccc1Cl)C(=O)CN(C)S(=O)(=O)c1ccc(Cl)cc1. The zero-order chi connectivity index (χ0) is 28.6. The van der Waals surface area contributed by atoms with E-state index >= 15 is 0 Å². The van der Waals surface area contributed by atoms with Crippen LogP contribution in [0.3, 0.4) is 0 Å². The van der Waals surface area contributed by atoms with Crippen LogP contribution in [0.4, 0.5) is 0 Å². The van der Waals surface area contributed by atoms with Crippen LogP contribution in [0.15, 0.2) is 83.8 Å². The molecule has 0 saturated heterocycles. The van der Waals surface area contributed by atoms with Crippen LogP contribution in [-0.2, 0) is 32.6 Å². The third-order valence-electron chi connectivity index (χ3n) is 6.45. The smallest absolute Gasteiger partial charge is 0.243 e. The third kappa shape index (κ3) is 8.29. The van der Waals surface area contributed by atoms with E-state index in [0.29, 0.717) is 22.0 Å². The van der Waals surface area contributed by atoms with Gasteiger partial charge in [-0.25, -0.2) is 8.42 Å². The van der Waals surface area contributed by atoms with Crippen LogP contribution in [0.25, 0.3) is 0 Å². The quantitative estimate of drug-likeness (QED) is 0.316. The van der Waals surface area contributed by atoms with Crippen molar-refractivity contribution in [2.45, 2.75) is 50.2 Å². The Balaban J connectivity index is 1.99. The fourth-order valence-electron chi connectivity index (χ4n) is 3.96.